The summed E-state index contributed by atoms with van der Waals surface area (Å²) < 4.78 is 21.0. The minimum atomic E-state index is -4.58. The summed E-state index contributed by atoms with van der Waals surface area (Å²) in [5.41, 5.74) is 4.66. The number of nitrogens with zero attached hydrogens (tertiary/aromatic N) is 2. The Bertz CT molecular complexity index is 1120. The summed E-state index contributed by atoms with van der Waals surface area (Å²) in [7, 11) is -4.58. The Morgan fingerprint density at radius 2 is 1.69 bits per heavy atom. The van der Waals surface area contributed by atoms with Gasteiger partial charge < -0.3 is 19.8 Å². The molecule has 4 N–H and O–H groups in total. The number of amides is 2. The second kappa shape index (κ2) is 12.4. The fourth-order valence-electron chi connectivity index (χ4n) is 3.48. The largest absolute Gasteiger partial charge is 0.491 e. The molecule has 11 nitrogen and oxygen atoms in total. The number of carbonyl (C=O) groups is 2. The lowest BCUT2D eigenvalue weighted by Crippen LogP contribution is -2.40. The molecule has 0 saturated carbocycles. The Labute approximate surface area is 202 Å². The molecule has 1 aliphatic heterocycles. The molecule has 1 fully saturated rings. The van der Waals surface area contributed by atoms with E-state index in [0.717, 1.165) is 25.9 Å². The Balaban J connectivity index is 1.48. The molecule has 2 amide bonds. The summed E-state index contributed by atoms with van der Waals surface area (Å²) in [5, 5.41) is 13.7. The van der Waals surface area contributed by atoms with Crippen LogP contribution in [0.15, 0.2) is 42.5 Å². The molecule has 2 aromatic rings. The molecular formula is C23H27N4O7P. The van der Waals surface area contributed by atoms with Gasteiger partial charge in [-0.15, -0.1) is 0 Å². The minimum Gasteiger partial charge on any atom is -0.491 e. The van der Waals surface area contributed by atoms with Gasteiger partial charge in [0, 0.05) is 30.6 Å². The third-order valence-corrected chi connectivity index (χ3v) is 5.77. The first-order valence-electron chi connectivity index (χ1n) is 11.1. The van der Waals surface area contributed by atoms with Gasteiger partial charge in [-0.2, -0.15) is 5.26 Å². The molecule has 0 spiro atoms. The second-order valence-corrected chi connectivity index (χ2v) is 9.06. The van der Waals surface area contributed by atoms with Crippen molar-refractivity contribution in [1.29, 1.82) is 5.26 Å². The highest BCUT2D eigenvalue weighted by Gasteiger charge is 2.16. The molecule has 1 saturated heterocycles. The van der Waals surface area contributed by atoms with Crippen LogP contribution in [0.25, 0.3) is 0 Å². The fraction of sp³-hybridized carbons (Fsp3) is 0.348. The number of rotatable bonds is 11. The van der Waals surface area contributed by atoms with E-state index in [0.29, 0.717) is 28.0 Å². The van der Waals surface area contributed by atoms with Crippen LogP contribution < -0.4 is 15.5 Å². The lowest BCUT2D eigenvalue weighted by Gasteiger charge is -2.16. The number of phosphoric ester groups is 1. The van der Waals surface area contributed by atoms with Gasteiger partial charge in [-0.3, -0.25) is 19.5 Å². The lowest BCUT2D eigenvalue weighted by atomic mass is 10.1. The molecule has 0 aliphatic carbocycles. The van der Waals surface area contributed by atoms with Crippen molar-refractivity contribution in [3.63, 3.8) is 0 Å². The van der Waals surface area contributed by atoms with Gasteiger partial charge in [0.25, 0.3) is 11.8 Å². The second-order valence-electron chi connectivity index (χ2n) is 7.82. The van der Waals surface area contributed by atoms with Crippen molar-refractivity contribution >= 4 is 19.6 Å². The molecular weight excluding hydrogens is 475 g/mol. The molecule has 186 valence electrons. The summed E-state index contributed by atoms with van der Waals surface area (Å²) in [6, 6.07) is 13.0. The zero-order valence-corrected chi connectivity index (χ0v) is 19.9. The van der Waals surface area contributed by atoms with E-state index < -0.39 is 7.82 Å². The minimum absolute atomic E-state index is 0.100. The maximum absolute atomic E-state index is 12.4. The number of phosphoric acid groups is 1. The van der Waals surface area contributed by atoms with Gasteiger partial charge >= 0.3 is 7.82 Å². The first kappa shape index (κ1) is 26.3. The van der Waals surface area contributed by atoms with Crippen molar-refractivity contribution < 1.29 is 33.2 Å². The van der Waals surface area contributed by atoms with E-state index in [-0.39, 0.29) is 38.0 Å². The molecule has 0 bridgehead atoms. The van der Waals surface area contributed by atoms with E-state index >= 15 is 0 Å². The molecule has 1 heterocycles. The number of carbonyl (C=O) groups excluding carboxylic acids is 2. The number of ether oxygens (including phenoxy) is 1. The monoisotopic (exact) mass is 502 g/mol. The highest BCUT2D eigenvalue weighted by Crippen LogP contribution is 2.36. The van der Waals surface area contributed by atoms with Crippen molar-refractivity contribution in [3.05, 3.63) is 64.7 Å². The molecule has 35 heavy (non-hydrogen) atoms. The van der Waals surface area contributed by atoms with Crippen LogP contribution in [-0.2, 0) is 15.5 Å². The molecule has 1 aliphatic rings. The predicted molar refractivity (Wildman–Crippen MR) is 125 cm³/mol. The van der Waals surface area contributed by atoms with Crippen LogP contribution in [0.2, 0.25) is 0 Å². The van der Waals surface area contributed by atoms with Gasteiger partial charge in [0.1, 0.15) is 12.4 Å². The summed E-state index contributed by atoms with van der Waals surface area (Å²) in [4.78, 5) is 42.3. The van der Waals surface area contributed by atoms with Crippen LogP contribution in [0.3, 0.4) is 0 Å². The van der Waals surface area contributed by atoms with Crippen molar-refractivity contribution in [2.24, 2.45) is 0 Å². The number of benzene rings is 2. The van der Waals surface area contributed by atoms with Crippen molar-refractivity contribution in [3.8, 4) is 11.8 Å². The predicted octanol–water partition coefficient (Wildman–Crippen LogP) is 1.76. The van der Waals surface area contributed by atoms with E-state index in [4.69, 9.17) is 19.8 Å². The molecule has 0 atom stereocenters. The average Bonchev–Trinajstić information content (AvgIpc) is 3.34. The van der Waals surface area contributed by atoms with E-state index in [2.05, 4.69) is 15.3 Å². The molecule has 12 heteroatoms. The third kappa shape index (κ3) is 8.47. The SMILES string of the molecule is N#Cc1ccc(CCOP(=O)(O)O)c(OCCNC(=O)c2ccc(C(=O)NN3CCCC3)cc2)c1. The van der Waals surface area contributed by atoms with Crippen LogP contribution in [0, 0.1) is 11.3 Å². The summed E-state index contributed by atoms with van der Waals surface area (Å²) in [5.74, 6) is -0.184. The Morgan fingerprint density at radius 3 is 2.31 bits per heavy atom. The summed E-state index contributed by atoms with van der Waals surface area (Å²) in [6.45, 7) is 1.71. The normalized spacial score (nSPS) is 13.7. The highest BCUT2D eigenvalue weighted by molar-refractivity contribution is 7.46. The standard InChI is InChI=1S/C23H27N4O7P/c24-16-17-3-4-18(9-13-34-35(30,31)32)21(15-17)33-14-10-25-22(28)19-5-7-20(8-6-19)23(29)26-27-11-1-2-12-27/h3-8,15H,1-2,9-14H2,(H,25,28)(H,26,29)(H2,30,31,32). The van der Waals surface area contributed by atoms with Crippen molar-refractivity contribution in [2.45, 2.75) is 19.3 Å². The number of nitrogens with one attached hydrogen (secondary N) is 2. The van der Waals surface area contributed by atoms with Crippen molar-refractivity contribution in [2.75, 3.05) is 32.8 Å². The van der Waals surface area contributed by atoms with Gasteiger partial charge in [0.15, 0.2) is 0 Å². The van der Waals surface area contributed by atoms with E-state index in [9.17, 15) is 14.2 Å². The first-order chi connectivity index (χ1) is 16.7. The van der Waals surface area contributed by atoms with E-state index in [1.54, 1.807) is 36.4 Å². The zero-order chi connectivity index (χ0) is 25.3. The number of nitriles is 1. The Morgan fingerprint density at radius 1 is 1.03 bits per heavy atom. The van der Waals surface area contributed by atoms with Crippen LogP contribution in [-0.4, -0.2) is 59.5 Å². The Hall–Kier alpha value is -3.26. The van der Waals surface area contributed by atoms with Crippen LogP contribution in [0.5, 0.6) is 5.75 Å². The molecule has 2 aromatic carbocycles. The topological polar surface area (TPSA) is 161 Å². The molecule has 0 aromatic heterocycles. The number of hydrogen-bond donors (Lipinski definition) is 4. The maximum Gasteiger partial charge on any atom is 0.469 e. The summed E-state index contributed by atoms with van der Waals surface area (Å²) >= 11 is 0. The highest BCUT2D eigenvalue weighted by atomic mass is 31.2. The van der Waals surface area contributed by atoms with E-state index in [1.807, 2.05) is 11.1 Å². The average molecular weight is 502 g/mol. The van der Waals surface area contributed by atoms with Gasteiger partial charge in [0.05, 0.1) is 24.8 Å². The molecule has 3 rings (SSSR count). The number of hydrogen-bond acceptors (Lipinski definition) is 7. The molecule has 0 unspecified atom stereocenters. The summed E-state index contributed by atoms with van der Waals surface area (Å²) in [6.07, 6.45) is 2.27. The Kier molecular flexibility index (Phi) is 9.37. The van der Waals surface area contributed by atoms with Crippen LogP contribution in [0.4, 0.5) is 0 Å². The van der Waals surface area contributed by atoms with Gasteiger partial charge in [-0.05, 0) is 54.8 Å². The van der Waals surface area contributed by atoms with Gasteiger partial charge in [-0.1, -0.05) is 6.07 Å². The molecule has 0 radical (unpaired) electrons. The lowest BCUT2D eigenvalue weighted by molar-refractivity contribution is 0.0824. The first-order valence-corrected chi connectivity index (χ1v) is 12.6. The van der Waals surface area contributed by atoms with Gasteiger partial charge in [0.2, 0.25) is 0 Å². The van der Waals surface area contributed by atoms with E-state index in [1.165, 1.54) is 6.07 Å². The third-order valence-electron chi connectivity index (χ3n) is 5.25. The quantitative estimate of drug-likeness (QED) is 0.265. The smallest absolute Gasteiger partial charge is 0.469 e. The zero-order valence-electron chi connectivity index (χ0n) is 19.0. The maximum atomic E-state index is 12.4. The van der Waals surface area contributed by atoms with Crippen LogP contribution >= 0.6 is 7.82 Å². The fourth-order valence-corrected chi connectivity index (χ4v) is 3.81. The van der Waals surface area contributed by atoms with Gasteiger partial charge in [-0.25, -0.2) is 9.57 Å². The van der Waals surface area contributed by atoms with Crippen molar-refractivity contribution in [1.82, 2.24) is 15.8 Å². The van der Waals surface area contributed by atoms with Crippen LogP contribution in [0.1, 0.15) is 44.7 Å². The number of hydrazine groups is 1.